The molecule has 1 atom stereocenters. The fourth-order valence-electron chi connectivity index (χ4n) is 3.62. The van der Waals surface area contributed by atoms with Crippen LogP contribution >= 0.6 is 0 Å². The highest BCUT2D eigenvalue weighted by molar-refractivity contribution is 7.89. The molecule has 1 heterocycles. The van der Waals surface area contributed by atoms with E-state index in [-0.39, 0.29) is 16.8 Å². The first-order valence-corrected chi connectivity index (χ1v) is 11.2. The number of hydrogen-bond acceptors (Lipinski definition) is 3. The van der Waals surface area contributed by atoms with Crippen molar-refractivity contribution in [3.63, 3.8) is 0 Å². The third-order valence-corrected chi connectivity index (χ3v) is 6.95. The molecule has 150 valence electrons. The lowest BCUT2D eigenvalue weighted by Crippen LogP contribution is -2.29. The molecule has 1 aliphatic rings. The Morgan fingerprint density at radius 1 is 1.04 bits per heavy atom. The van der Waals surface area contributed by atoms with Gasteiger partial charge in [-0.1, -0.05) is 25.1 Å². The van der Waals surface area contributed by atoms with Crippen LogP contribution in [0.5, 0.6) is 0 Å². The number of carbonyl (C=O) groups is 1. The second kappa shape index (κ2) is 8.05. The number of carbonyl (C=O) groups excluding carboxylic acids is 1. The summed E-state index contributed by atoms with van der Waals surface area (Å²) in [6, 6.07) is 10.7. The topological polar surface area (TPSA) is 66.5 Å². The third kappa shape index (κ3) is 4.13. The van der Waals surface area contributed by atoms with Crippen LogP contribution in [0.3, 0.4) is 0 Å². The van der Waals surface area contributed by atoms with Crippen LogP contribution in [0.15, 0.2) is 41.3 Å². The van der Waals surface area contributed by atoms with E-state index >= 15 is 0 Å². The Morgan fingerprint density at radius 2 is 1.79 bits per heavy atom. The lowest BCUT2D eigenvalue weighted by Gasteiger charge is -2.21. The fraction of sp³-hybridized carbons (Fsp3) is 0.409. The van der Waals surface area contributed by atoms with Crippen molar-refractivity contribution in [1.29, 1.82) is 0 Å². The Labute approximate surface area is 167 Å². The summed E-state index contributed by atoms with van der Waals surface area (Å²) in [6.45, 7) is 8.58. The number of anilines is 1. The van der Waals surface area contributed by atoms with Crippen molar-refractivity contribution in [1.82, 2.24) is 4.72 Å². The van der Waals surface area contributed by atoms with Gasteiger partial charge in [-0.25, -0.2) is 13.1 Å². The lowest BCUT2D eigenvalue weighted by atomic mass is 10.0. The van der Waals surface area contributed by atoms with Crippen LogP contribution in [0, 0.1) is 20.8 Å². The van der Waals surface area contributed by atoms with E-state index in [0.29, 0.717) is 19.4 Å². The van der Waals surface area contributed by atoms with Crippen LogP contribution in [0.4, 0.5) is 5.69 Å². The van der Waals surface area contributed by atoms with Gasteiger partial charge in [-0.05, 0) is 74.1 Å². The number of nitrogens with zero attached hydrogens (tertiary/aromatic N) is 1. The predicted molar refractivity (Wildman–Crippen MR) is 112 cm³/mol. The van der Waals surface area contributed by atoms with E-state index in [1.54, 1.807) is 23.1 Å². The van der Waals surface area contributed by atoms with Crippen molar-refractivity contribution in [2.45, 2.75) is 57.9 Å². The molecule has 0 saturated carbocycles. The smallest absolute Gasteiger partial charge is 0.241 e. The van der Waals surface area contributed by atoms with Crippen LogP contribution in [-0.4, -0.2) is 20.9 Å². The number of hydrogen-bond donors (Lipinski definition) is 1. The number of aryl methyl sites for hydroxylation is 3. The van der Waals surface area contributed by atoms with Gasteiger partial charge in [0.15, 0.2) is 0 Å². The monoisotopic (exact) mass is 400 g/mol. The average Bonchev–Trinajstić information content (AvgIpc) is 3.07. The minimum absolute atomic E-state index is 0.0950. The Balaban J connectivity index is 1.86. The van der Waals surface area contributed by atoms with Gasteiger partial charge in [-0.15, -0.1) is 0 Å². The van der Waals surface area contributed by atoms with Gasteiger partial charge in [-0.3, -0.25) is 4.79 Å². The summed E-state index contributed by atoms with van der Waals surface area (Å²) >= 11 is 0. The maximum atomic E-state index is 13.0. The van der Waals surface area contributed by atoms with Crippen LogP contribution in [-0.2, 0) is 14.8 Å². The van der Waals surface area contributed by atoms with E-state index < -0.39 is 10.0 Å². The summed E-state index contributed by atoms with van der Waals surface area (Å²) in [5, 5.41) is 0. The van der Waals surface area contributed by atoms with Crippen molar-refractivity contribution in [2.75, 3.05) is 11.4 Å². The minimum atomic E-state index is -3.67. The summed E-state index contributed by atoms with van der Waals surface area (Å²) in [7, 11) is -3.67. The van der Waals surface area contributed by atoms with Crippen LogP contribution in [0.2, 0.25) is 0 Å². The van der Waals surface area contributed by atoms with E-state index in [4.69, 9.17) is 0 Å². The molecule has 0 unspecified atom stereocenters. The largest absolute Gasteiger partial charge is 0.312 e. The Bertz CT molecular complexity index is 999. The molecule has 3 rings (SSSR count). The zero-order valence-electron chi connectivity index (χ0n) is 17.0. The number of sulfonamides is 1. The summed E-state index contributed by atoms with van der Waals surface area (Å²) in [6.07, 6.45) is 2.05. The molecule has 0 bridgehead atoms. The molecule has 1 saturated heterocycles. The van der Waals surface area contributed by atoms with E-state index in [9.17, 15) is 13.2 Å². The molecule has 0 spiro atoms. The Hall–Kier alpha value is -2.18. The number of nitrogens with one attached hydrogen (secondary N) is 1. The average molecular weight is 401 g/mol. The van der Waals surface area contributed by atoms with E-state index in [2.05, 4.69) is 4.72 Å². The van der Waals surface area contributed by atoms with Crippen molar-refractivity contribution in [3.05, 3.63) is 58.7 Å². The van der Waals surface area contributed by atoms with Crippen molar-refractivity contribution in [2.24, 2.45) is 0 Å². The highest BCUT2D eigenvalue weighted by atomic mass is 32.2. The lowest BCUT2D eigenvalue weighted by molar-refractivity contribution is -0.117. The van der Waals surface area contributed by atoms with Crippen LogP contribution < -0.4 is 9.62 Å². The molecular weight excluding hydrogens is 372 g/mol. The highest BCUT2D eigenvalue weighted by Crippen LogP contribution is 2.28. The summed E-state index contributed by atoms with van der Waals surface area (Å²) in [4.78, 5) is 14.0. The minimum Gasteiger partial charge on any atom is -0.312 e. The second-order valence-electron chi connectivity index (χ2n) is 7.52. The summed E-state index contributed by atoms with van der Waals surface area (Å²) in [5.41, 5.74) is 4.87. The zero-order chi connectivity index (χ0) is 20.5. The van der Waals surface area contributed by atoms with Gasteiger partial charge in [0.05, 0.1) is 4.90 Å². The van der Waals surface area contributed by atoms with Gasteiger partial charge in [0, 0.05) is 24.7 Å². The Morgan fingerprint density at radius 3 is 2.36 bits per heavy atom. The van der Waals surface area contributed by atoms with Gasteiger partial charge in [0.25, 0.3) is 0 Å². The molecule has 1 aliphatic heterocycles. The first kappa shape index (κ1) is 20.6. The highest BCUT2D eigenvalue weighted by Gasteiger charge is 2.25. The zero-order valence-corrected chi connectivity index (χ0v) is 17.8. The number of amides is 1. The first-order chi connectivity index (χ1) is 13.2. The van der Waals surface area contributed by atoms with Gasteiger partial charge in [0.1, 0.15) is 0 Å². The number of benzene rings is 2. The quantitative estimate of drug-likeness (QED) is 0.791. The molecule has 28 heavy (non-hydrogen) atoms. The van der Waals surface area contributed by atoms with E-state index in [1.165, 1.54) is 5.56 Å². The molecule has 1 fully saturated rings. The molecule has 1 N–H and O–H groups in total. The first-order valence-electron chi connectivity index (χ1n) is 9.73. The molecule has 2 aromatic carbocycles. The molecule has 0 aromatic heterocycles. The predicted octanol–water partition coefficient (Wildman–Crippen LogP) is 4.17. The molecule has 5 nitrogen and oxygen atoms in total. The third-order valence-electron chi connectivity index (χ3n) is 5.48. The second-order valence-corrected chi connectivity index (χ2v) is 9.24. The molecular formula is C22H28N2O3S. The maximum absolute atomic E-state index is 13.0. The number of rotatable bonds is 6. The van der Waals surface area contributed by atoms with E-state index in [0.717, 1.165) is 28.8 Å². The normalized spacial score (nSPS) is 15.9. The van der Waals surface area contributed by atoms with Gasteiger partial charge < -0.3 is 4.90 Å². The van der Waals surface area contributed by atoms with Crippen LogP contribution in [0.25, 0.3) is 0 Å². The molecule has 1 amide bonds. The molecule has 6 heteroatoms. The Kier molecular flexibility index (Phi) is 5.91. The summed E-state index contributed by atoms with van der Waals surface area (Å²) in [5.74, 6) is 0.0950. The fourth-order valence-corrected chi connectivity index (χ4v) is 5.02. The SMILES string of the molecule is CC[C@@H](NS(=O)(=O)c1ccc(N2CCCC2=O)c(C)c1)c1ccc(C)c(C)c1. The van der Waals surface area contributed by atoms with Gasteiger partial charge in [-0.2, -0.15) is 0 Å². The molecule has 0 radical (unpaired) electrons. The van der Waals surface area contributed by atoms with Gasteiger partial charge in [0.2, 0.25) is 15.9 Å². The summed E-state index contributed by atoms with van der Waals surface area (Å²) < 4.78 is 28.8. The van der Waals surface area contributed by atoms with Crippen molar-refractivity contribution >= 4 is 21.6 Å². The van der Waals surface area contributed by atoms with Gasteiger partial charge >= 0.3 is 0 Å². The van der Waals surface area contributed by atoms with Crippen molar-refractivity contribution < 1.29 is 13.2 Å². The van der Waals surface area contributed by atoms with Crippen LogP contribution in [0.1, 0.15) is 54.5 Å². The standard InChI is InChI=1S/C22H28N2O3S/c1-5-20(18-9-8-15(2)16(3)13-18)23-28(26,27)19-10-11-21(17(4)14-19)24-12-6-7-22(24)25/h8-11,13-14,20,23H,5-7,12H2,1-4H3/t20-/m1/s1. The molecule has 0 aliphatic carbocycles. The van der Waals surface area contributed by atoms with Crippen molar-refractivity contribution in [3.8, 4) is 0 Å². The molecule has 2 aromatic rings. The van der Waals surface area contributed by atoms with E-state index in [1.807, 2.05) is 45.9 Å². The maximum Gasteiger partial charge on any atom is 0.241 e.